The molecule has 1 atom stereocenters. The average molecular weight is 442 g/mol. The van der Waals surface area contributed by atoms with Crippen LogP contribution in [0.3, 0.4) is 0 Å². The lowest BCUT2D eigenvalue weighted by molar-refractivity contribution is -0.139. The van der Waals surface area contributed by atoms with Gasteiger partial charge in [-0.1, -0.05) is 78.9 Å². The minimum absolute atomic E-state index is 0.129. The molecule has 0 aromatic heterocycles. The van der Waals surface area contributed by atoms with E-state index in [-0.39, 0.29) is 18.9 Å². The summed E-state index contributed by atoms with van der Waals surface area (Å²) in [6, 6.07) is 27.3. The Bertz CT molecular complexity index is 1140. The lowest BCUT2D eigenvalue weighted by Gasteiger charge is -2.28. The SMILES string of the molecule is CC1=C(C(=O)OCCc2ccccc2)[C@@H](c2ccccc2OCc2ccccc2)CC(=O)N1. The quantitative estimate of drug-likeness (QED) is 0.504. The number of rotatable bonds is 8. The topological polar surface area (TPSA) is 64.6 Å². The zero-order chi connectivity index (χ0) is 23.0. The van der Waals surface area contributed by atoms with Crippen LogP contribution in [0.25, 0.3) is 0 Å². The summed E-state index contributed by atoms with van der Waals surface area (Å²) >= 11 is 0. The summed E-state index contributed by atoms with van der Waals surface area (Å²) in [5.74, 6) is -0.319. The van der Waals surface area contributed by atoms with Gasteiger partial charge in [-0.25, -0.2) is 4.79 Å². The van der Waals surface area contributed by atoms with Gasteiger partial charge in [0.2, 0.25) is 5.91 Å². The molecule has 3 aromatic carbocycles. The zero-order valence-electron chi connectivity index (χ0n) is 18.6. The molecular weight excluding hydrogens is 414 g/mol. The van der Waals surface area contributed by atoms with Crippen LogP contribution in [0.5, 0.6) is 5.75 Å². The van der Waals surface area contributed by atoms with E-state index in [1.807, 2.05) is 84.9 Å². The van der Waals surface area contributed by atoms with Crippen molar-refractivity contribution in [1.82, 2.24) is 5.32 Å². The number of nitrogens with one attached hydrogen (secondary N) is 1. The minimum Gasteiger partial charge on any atom is -0.489 e. The molecule has 1 heterocycles. The van der Waals surface area contributed by atoms with Crippen molar-refractivity contribution in [1.29, 1.82) is 0 Å². The van der Waals surface area contributed by atoms with Gasteiger partial charge in [0, 0.05) is 30.0 Å². The molecule has 0 unspecified atom stereocenters. The van der Waals surface area contributed by atoms with E-state index in [1.54, 1.807) is 6.92 Å². The number of amides is 1. The second kappa shape index (κ2) is 10.6. The van der Waals surface area contributed by atoms with E-state index in [9.17, 15) is 9.59 Å². The molecule has 1 N–H and O–H groups in total. The molecule has 0 fully saturated rings. The molecule has 3 aromatic rings. The van der Waals surface area contributed by atoms with Gasteiger partial charge in [-0.2, -0.15) is 0 Å². The van der Waals surface area contributed by atoms with Crippen molar-refractivity contribution in [2.45, 2.75) is 32.3 Å². The summed E-state index contributed by atoms with van der Waals surface area (Å²) in [5, 5.41) is 2.79. The number of carbonyl (C=O) groups is 2. The van der Waals surface area contributed by atoms with E-state index < -0.39 is 11.9 Å². The Balaban J connectivity index is 1.53. The Hall–Kier alpha value is -3.86. The minimum atomic E-state index is -0.435. The smallest absolute Gasteiger partial charge is 0.336 e. The van der Waals surface area contributed by atoms with Gasteiger partial charge in [-0.3, -0.25) is 4.79 Å². The molecule has 1 aliphatic heterocycles. The summed E-state index contributed by atoms with van der Waals surface area (Å²) < 4.78 is 11.7. The van der Waals surface area contributed by atoms with Crippen molar-refractivity contribution in [3.8, 4) is 5.75 Å². The Labute approximate surface area is 194 Å². The Morgan fingerprint density at radius 3 is 2.27 bits per heavy atom. The van der Waals surface area contributed by atoms with Crippen LogP contribution in [-0.2, 0) is 27.4 Å². The van der Waals surface area contributed by atoms with Crippen LogP contribution in [0.2, 0.25) is 0 Å². The Morgan fingerprint density at radius 1 is 0.909 bits per heavy atom. The predicted molar refractivity (Wildman–Crippen MR) is 127 cm³/mol. The van der Waals surface area contributed by atoms with E-state index in [1.165, 1.54) is 0 Å². The van der Waals surface area contributed by atoms with E-state index in [0.29, 0.717) is 30.0 Å². The molecule has 5 nitrogen and oxygen atoms in total. The lowest BCUT2D eigenvalue weighted by atomic mass is 9.84. The molecule has 0 aliphatic carbocycles. The highest BCUT2D eigenvalue weighted by atomic mass is 16.5. The summed E-state index contributed by atoms with van der Waals surface area (Å²) in [6.45, 7) is 2.41. The van der Waals surface area contributed by atoms with Crippen molar-refractivity contribution >= 4 is 11.9 Å². The molecule has 1 aliphatic rings. The predicted octanol–water partition coefficient (Wildman–Crippen LogP) is 4.93. The first-order valence-electron chi connectivity index (χ1n) is 11.1. The van der Waals surface area contributed by atoms with Gasteiger partial charge >= 0.3 is 5.97 Å². The molecule has 0 saturated heterocycles. The van der Waals surface area contributed by atoms with E-state index in [4.69, 9.17) is 9.47 Å². The second-order valence-corrected chi connectivity index (χ2v) is 8.03. The van der Waals surface area contributed by atoms with E-state index >= 15 is 0 Å². The van der Waals surface area contributed by atoms with Crippen molar-refractivity contribution in [3.63, 3.8) is 0 Å². The summed E-state index contributed by atoms with van der Waals surface area (Å²) in [6.07, 6.45) is 0.791. The van der Waals surface area contributed by atoms with Crippen molar-refractivity contribution in [2.75, 3.05) is 6.61 Å². The highest BCUT2D eigenvalue weighted by Gasteiger charge is 2.34. The van der Waals surface area contributed by atoms with Crippen LogP contribution >= 0.6 is 0 Å². The van der Waals surface area contributed by atoms with Gasteiger partial charge in [0.15, 0.2) is 0 Å². The first kappa shape index (κ1) is 22.3. The molecule has 0 bridgehead atoms. The van der Waals surface area contributed by atoms with Gasteiger partial charge in [0.05, 0.1) is 12.2 Å². The number of hydrogen-bond donors (Lipinski definition) is 1. The molecule has 168 valence electrons. The fourth-order valence-corrected chi connectivity index (χ4v) is 4.06. The first-order chi connectivity index (χ1) is 16.1. The van der Waals surface area contributed by atoms with Gasteiger partial charge in [-0.15, -0.1) is 0 Å². The van der Waals surface area contributed by atoms with Gasteiger partial charge in [-0.05, 0) is 24.1 Å². The highest BCUT2D eigenvalue weighted by molar-refractivity contribution is 5.96. The molecule has 0 radical (unpaired) electrons. The van der Waals surface area contributed by atoms with Gasteiger partial charge < -0.3 is 14.8 Å². The Morgan fingerprint density at radius 2 is 1.55 bits per heavy atom. The number of benzene rings is 3. The van der Waals surface area contributed by atoms with Crippen molar-refractivity contribution in [2.24, 2.45) is 0 Å². The normalized spacial score (nSPS) is 15.7. The fourth-order valence-electron chi connectivity index (χ4n) is 4.06. The van der Waals surface area contributed by atoms with E-state index in [2.05, 4.69) is 5.32 Å². The zero-order valence-corrected chi connectivity index (χ0v) is 18.6. The lowest BCUT2D eigenvalue weighted by Crippen LogP contribution is -2.34. The summed E-state index contributed by atoms with van der Waals surface area (Å²) in [5.41, 5.74) is 3.94. The monoisotopic (exact) mass is 441 g/mol. The average Bonchev–Trinajstić information content (AvgIpc) is 2.83. The maximum atomic E-state index is 13.1. The van der Waals surface area contributed by atoms with Gasteiger partial charge in [0.25, 0.3) is 0 Å². The third kappa shape index (κ3) is 5.69. The van der Waals surface area contributed by atoms with Crippen LogP contribution in [0.15, 0.2) is 96.2 Å². The number of hydrogen-bond acceptors (Lipinski definition) is 4. The summed E-state index contributed by atoms with van der Waals surface area (Å²) in [7, 11) is 0. The molecule has 33 heavy (non-hydrogen) atoms. The molecule has 4 rings (SSSR count). The number of ether oxygens (including phenoxy) is 2. The number of esters is 1. The Kier molecular flexibility index (Phi) is 7.20. The van der Waals surface area contributed by atoms with Crippen LogP contribution < -0.4 is 10.1 Å². The second-order valence-electron chi connectivity index (χ2n) is 8.03. The van der Waals surface area contributed by atoms with Crippen LogP contribution in [0.1, 0.15) is 36.0 Å². The maximum Gasteiger partial charge on any atom is 0.336 e. The van der Waals surface area contributed by atoms with Crippen LogP contribution in [0.4, 0.5) is 0 Å². The maximum absolute atomic E-state index is 13.1. The standard InChI is InChI=1S/C28H27NO4/c1-20-27(28(31)32-17-16-21-10-4-2-5-11-21)24(18-26(30)29-20)23-14-8-9-15-25(23)33-19-22-12-6-3-7-13-22/h2-15,24H,16-19H2,1H3,(H,29,30)/t24-/m1/s1. The first-order valence-corrected chi connectivity index (χ1v) is 11.1. The third-order valence-electron chi connectivity index (χ3n) is 5.69. The van der Waals surface area contributed by atoms with Crippen LogP contribution in [-0.4, -0.2) is 18.5 Å². The van der Waals surface area contributed by atoms with Crippen molar-refractivity contribution < 1.29 is 19.1 Å². The molecule has 1 amide bonds. The van der Waals surface area contributed by atoms with E-state index in [0.717, 1.165) is 16.7 Å². The molecular formula is C28H27NO4. The fraction of sp³-hybridized carbons (Fsp3) is 0.214. The highest BCUT2D eigenvalue weighted by Crippen LogP contribution is 2.38. The molecule has 5 heteroatoms. The van der Waals surface area contributed by atoms with Crippen molar-refractivity contribution in [3.05, 3.63) is 113 Å². The summed E-state index contributed by atoms with van der Waals surface area (Å²) in [4.78, 5) is 25.5. The number of carbonyl (C=O) groups excluding carboxylic acids is 2. The van der Waals surface area contributed by atoms with Crippen LogP contribution in [0, 0.1) is 0 Å². The number of allylic oxidation sites excluding steroid dienone is 1. The largest absolute Gasteiger partial charge is 0.489 e. The molecule has 0 spiro atoms. The van der Waals surface area contributed by atoms with Gasteiger partial charge in [0.1, 0.15) is 12.4 Å². The molecule has 0 saturated carbocycles. The number of para-hydroxylation sites is 1. The third-order valence-corrected chi connectivity index (χ3v) is 5.69.